The molecule has 0 spiro atoms. The van der Waals surface area contributed by atoms with Crippen LogP contribution in [0.5, 0.6) is 0 Å². The van der Waals surface area contributed by atoms with Crippen molar-refractivity contribution < 1.29 is 9.53 Å². The molecule has 2 rings (SSSR count). The van der Waals surface area contributed by atoms with Gasteiger partial charge in [-0.05, 0) is 30.7 Å². The molecular formula is C14H18O2. The van der Waals surface area contributed by atoms with Crippen LogP contribution in [0.15, 0.2) is 30.3 Å². The Morgan fingerprint density at radius 3 is 2.81 bits per heavy atom. The minimum absolute atomic E-state index is 0.0313. The predicted octanol–water partition coefficient (Wildman–Crippen LogP) is 2.96. The number of hydrogen-bond donors (Lipinski definition) is 0. The zero-order chi connectivity index (χ0) is 11.4. The van der Waals surface area contributed by atoms with Crippen LogP contribution in [0.2, 0.25) is 0 Å². The highest BCUT2D eigenvalue weighted by Crippen LogP contribution is 2.23. The summed E-state index contributed by atoms with van der Waals surface area (Å²) in [5, 5.41) is 0. The average molecular weight is 218 g/mol. The number of ether oxygens (including phenoxy) is 1. The fourth-order valence-electron chi connectivity index (χ4n) is 2.25. The minimum Gasteiger partial charge on any atom is -0.462 e. The Morgan fingerprint density at radius 2 is 2.12 bits per heavy atom. The summed E-state index contributed by atoms with van der Waals surface area (Å²) in [6, 6.07) is 10.4. The van der Waals surface area contributed by atoms with Gasteiger partial charge in [-0.25, -0.2) is 0 Å². The summed E-state index contributed by atoms with van der Waals surface area (Å²) in [4.78, 5) is 11.2. The first-order valence-corrected chi connectivity index (χ1v) is 5.99. The lowest BCUT2D eigenvalue weighted by atomic mass is 9.91. The molecule has 1 aliphatic rings. The first kappa shape index (κ1) is 11.2. The molecule has 0 aromatic heterocycles. The SMILES string of the molecule is C[C@H](Cc1ccccc1)[C@H]1CCCC(=O)O1. The monoisotopic (exact) mass is 218 g/mol. The predicted molar refractivity (Wildman–Crippen MR) is 63.0 cm³/mol. The standard InChI is InChI=1S/C14H18O2/c1-11(10-12-6-3-2-4-7-12)13-8-5-9-14(15)16-13/h2-4,6-7,11,13H,5,8-10H2,1H3/t11-,13-/m1/s1. The Hall–Kier alpha value is -1.31. The molecule has 0 saturated carbocycles. The maximum atomic E-state index is 11.2. The van der Waals surface area contributed by atoms with Crippen LogP contribution in [0.3, 0.4) is 0 Å². The highest BCUT2D eigenvalue weighted by atomic mass is 16.5. The van der Waals surface area contributed by atoms with Crippen molar-refractivity contribution in [2.24, 2.45) is 5.92 Å². The smallest absolute Gasteiger partial charge is 0.306 e. The van der Waals surface area contributed by atoms with E-state index in [1.807, 2.05) is 6.07 Å². The van der Waals surface area contributed by atoms with Crippen molar-refractivity contribution >= 4 is 5.97 Å². The van der Waals surface area contributed by atoms with Gasteiger partial charge in [0.1, 0.15) is 6.10 Å². The van der Waals surface area contributed by atoms with Crippen LogP contribution >= 0.6 is 0 Å². The van der Waals surface area contributed by atoms with Crippen molar-refractivity contribution in [3.05, 3.63) is 35.9 Å². The number of hydrogen-bond acceptors (Lipinski definition) is 2. The molecule has 1 fully saturated rings. The summed E-state index contributed by atoms with van der Waals surface area (Å²) in [6.45, 7) is 2.16. The summed E-state index contributed by atoms with van der Waals surface area (Å²) in [6.07, 6.45) is 3.68. The van der Waals surface area contributed by atoms with Crippen molar-refractivity contribution in [1.29, 1.82) is 0 Å². The molecule has 86 valence electrons. The number of rotatable bonds is 3. The molecule has 2 atom stereocenters. The molecular weight excluding hydrogens is 200 g/mol. The molecule has 0 unspecified atom stereocenters. The molecule has 16 heavy (non-hydrogen) atoms. The third-order valence-corrected chi connectivity index (χ3v) is 3.19. The maximum Gasteiger partial charge on any atom is 0.306 e. The number of benzene rings is 1. The van der Waals surface area contributed by atoms with Crippen LogP contribution in [-0.2, 0) is 16.0 Å². The lowest BCUT2D eigenvalue weighted by Crippen LogP contribution is -2.30. The van der Waals surface area contributed by atoms with E-state index < -0.39 is 0 Å². The van der Waals surface area contributed by atoms with Crippen molar-refractivity contribution in [3.8, 4) is 0 Å². The van der Waals surface area contributed by atoms with Gasteiger partial charge in [0.05, 0.1) is 0 Å². The molecule has 2 heteroatoms. The quantitative estimate of drug-likeness (QED) is 0.729. The Morgan fingerprint density at radius 1 is 1.38 bits per heavy atom. The highest BCUT2D eigenvalue weighted by Gasteiger charge is 2.25. The Labute approximate surface area is 96.6 Å². The zero-order valence-corrected chi connectivity index (χ0v) is 9.69. The van der Waals surface area contributed by atoms with Gasteiger partial charge in [-0.15, -0.1) is 0 Å². The molecule has 0 radical (unpaired) electrons. The summed E-state index contributed by atoms with van der Waals surface area (Å²) in [7, 11) is 0. The van der Waals surface area contributed by atoms with Crippen LogP contribution in [-0.4, -0.2) is 12.1 Å². The zero-order valence-electron chi connectivity index (χ0n) is 9.69. The second-order valence-electron chi connectivity index (χ2n) is 4.59. The van der Waals surface area contributed by atoms with Crippen LogP contribution < -0.4 is 0 Å². The van der Waals surface area contributed by atoms with Crippen LogP contribution in [0, 0.1) is 5.92 Å². The van der Waals surface area contributed by atoms with Gasteiger partial charge < -0.3 is 4.74 Å². The number of esters is 1. The molecule has 1 aliphatic heterocycles. The highest BCUT2D eigenvalue weighted by molar-refractivity contribution is 5.70. The molecule has 1 heterocycles. The largest absolute Gasteiger partial charge is 0.462 e. The van der Waals surface area contributed by atoms with Crippen molar-refractivity contribution in [3.63, 3.8) is 0 Å². The van der Waals surface area contributed by atoms with Gasteiger partial charge in [-0.2, -0.15) is 0 Å². The summed E-state index contributed by atoms with van der Waals surface area (Å²) in [5.74, 6) is 0.378. The van der Waals surface area contributed by atoms with Gasteiger partial charge in [0.25, 0.3) is 0 Å². The Balaban J connectivity index is 1.92. The molecule has 2 nitrogen and oxygen atoms in total. The molecule has 0 aliphatic carbocycles. The van der Waals surface area contributed by atoms with E-state index >= 15 is 0 Å². The fourth-order valence-corrected chi connectivity index (χ4v) is 2.25. The van der Waals surface area contributed by atoms with Crippen molar-refractivity contribution in [2.45, 2.75) is 38.7 Å². The first-order valence-electron chi connectivity index (χ1n) is 5.99. The van der Waals surface area contributed by atoms with E-state index in [2.05, 4.69) is 31.2 Å². The van der Waals surface area contributed by atoms with E-state index in [9.17, 15) is 4.79 Å². The van der Waals surface area contributed by atoms with E-state index in [4.69, 9.17) is 4.74 Å². The van der Waals surface area contributed by atoms with Crippen molar-refractivity contribution in [1.82, 2.24) is 0 Å². The Kier molecular flexibility index (Phi) is 3.60. The van der Waals surface area contributed by atoms with Gasteiger partial charge in [0.2, 0.25) is 0 Å². The molecule has 1 saturated heterocycles. The Bertz CT molecular complexity index is 345. The molecule has 1 aromatic carbocycles. The maximum absolute atomic E-state index is 11.2. The van der Waals surface area contributed by atoms with Crippen molar-refractivity contribution in [2.75, 3.05) is 0 Å². The minimum atomic E-state index is -0.0313. The van der Waals surface area contributed by atoms with Crippen LogP contribution in [0.25, 0.3) is 0 Å². The van der Waals surface area contributed by atoms with E-state index in [-0.39, 0.29) is 12.1 Å². The topological polar surface area (TPSA) is 26.3 Å². The summed E-state index contributed by atoms with van der Waals surface area (Å²) >= 11 is 0. The van der Waals surface area contributed by atoms with E-state index in [0.29, 0.717) is 12.3 Å². The lowest BCUT2D eigenvalue weighted by Gasteiger charge is -2.27. The van der Waals surface area contributed by atoms with Crippen LogP contribution in [0.1, 0.15) is 31.7 Å². The first-order chi connectivity index (χ1) is 7.75. The lowest BCUT2D eigenvalue weighted by molar-refractivity contribution is -0.156. The second-order valence-corrected chi connectivity index (χ2v) is 4.59. The molecule has 0 N–H and O–H groups in total. The van der Waals surface area contributed by atoms with E-state index in [1.165, 1.54) is 5.56 Å². The van der Waals surface area contributed by atoms with Gasteiger partial charge >= 0.3 is 5.97 Å². The molecule has 1 aromatic rings. The number of carbonyl (C=O) groups is 1. The number of cyclic esters (lactones) is 1. The fraction of sp³-hybridized carbons (Fsp3) is 0.500. The summed E-state index contributed by atoms with van der Waals surface area (Å²) in [5.41, 5.74) is 1.32. The van der Waals surface area contributed by atoms with Gasteiger partial charge in [-0.3, -0.25) is 4.79 Å². The second kappa shape index (κ2) is 5.15. The van der Waals surface area contributed by atoms with Gasteiger partial charge in [0.15, 0.2) is 0 Å². The van der Waals surface area contributed by atoms with Gasteiger partial charge in [-0.1, -0.05) is 37.3 Å². The normalized spacial score (nSPS) is 22.6. The third kappa shape index (κ3) is 2.84. The van der Waals surface area contributed by atoms with E-state index in [1.54, 1.807) is 0 Å². The van der Waals surface area contributed by atoms with Crippen LogP contribution in [0.4, 0.5) is 0 Å². The third-order valence-electron chi connectivity index (χ3n) is 3.19. The molecule has 0 bridgehead atoms. The average Bonchev–Trinajstić information content (AvgIpc) is 2.30. The summed E-state index contributed by atoms with van der Waals surface area (Å²) < 4.78 is 5.38. The van der Waals surface area contributed by atoms with E-state index in [0.717, 1.165) is 19.3 Å². The number of carbonyl (C=O) groups excluding carboxylic acids is 1. The molecule has 0 amide bonds. The van der Waals surface area contributed by atoms with Gasteiger partial charge in [0, 0.05) is 6.42 Å².